The fraction of sp³-hybridized carbons (Fsp3) is 0.589. The van der Waals surface area contributed by atoms with Crippen molar-refractivity contribution in [3.63, 3.8) is 0 Å². The summed E-state index contributed by atoms with van der Waals surface area (Å²) >= 11 is 0. The van der Waals surface area contributed by atoms with Gasteiger partial charge in [0.1, 0.15) is 34.1 Å². The smallest absolute Gasteiger partial charge is 0.374 e. The minimum absolute atomic E-state index is 0.0505. The Hall–Kier alpha value is -8.65. The third-order valence-electron chi connectivity index (χ3n) is 18.2. The maximum atomic E-state index is 12.5. The molecular formula is C90H146N9O22P4+. The van der Waals surface area contributed by atoms with E-state index >= 15 is 0 Å². The molecule has 0 aliphatic carbocycles. The van der Waals surface area contributed by atoms with Gasteiger partial charge in [0.2, 0.25) is 7.37 Å². The molecule has 6 aromatic rings. The largest absolute Gasteiger partial charge is 0.618 e. The van der Waals surface area contributed by atoms with Crippen LogP contribution in [0.3, 0.4) is 0 Å². The second-order valence-electron chi connectivity index (χ2n) is 39.2. The molecule has 0 bridgehead atoms. The number of aliphatic hydroxyl groups excluding tert-OH is 1. The number of rotatable bonds is 23. The predicted octanol–water partition coefficient (Wildman–Crippen LogP) is 14.9. The van der Waals surface area contributed by atoms with Gasteiger partial charge in [-0.3, -0.25) is 42.7 Å². The van der Waals surface area contributed by atoms with Crippen LogP contribution in [0.1, 0.15) is 288 Å². The Labute approximate surface area is 740 Å². The average Bonchev–Trinajstić information content (AvgIpc) is 0.805. The lowest BCUT2D eigenvalue weighted by Crippen LogP contribution is -2.42. The number of carbonyl (C=O) groups is 8. The summed E-state index contributed by atoms with van der Waals surface area (Å²) in [6, 6.07) is 26.1. The van der Waals surface area contributed by atoms with E-state index in [0.29, 0.717) is 58.6 Å². The fourth-order valence-corrected chi connectivity index (χ4v) is 15.6. The Morgan fingerprint density at radius 1 is 0.480 bits per heavy atom. The van der Waals surface area contributed by atoms with Gasteiger partial charge in [0, 0.05) is 90.0 Å². The molecule has 702 valence electrons. The molecule has 35 heteroatoms. The summed E-state index contributed by atoms with van der Waals surface area (Å²) in [5.74, 6) is -4.10. The molecule has 0 saturated carbocycles. The van der Waals surface area contributed by atoms with Gasteiger partial charge in [-0.25, -0.2) is 24.5 Å². The quantitative estimate of drug-likeness (QED) is 0.00945. The van der Waals surface area contributed by atoms with Crippen LogP contribution in [-0.4, -0.2) is 164 Å². The summed E-state index contributed by atoms with van der Waals surface area (Å²) in [6.45, 7) is 55.6. The minimum Gasteiger partial charge on any atom is -0.618 e. The molecule has 6 aromatic heterocycles. The second kappa shape index (κ2) is 49.6. The molecule has 0 radical (unpaired) electrons. The van der Waals surface area contributed by atoms with E-state index in [1.54, 1.807) is 99.6 Å². The van der Waals surface area contributed by atoms with E-state index < -0.39 is 86.7 Å². The molecule has 0 aliphatic heterocycles. The van der Waals surface area contributed by atoms with Crippen LogP contribution >= 0.6 is 29.2 Å². The standard InChI is InChI=1S/C15H26NO2P.C12H17N3O3.C12H16N2O4.C12H20NO2P.C11H15NO2.C10H16NO3P.C10H21O2P.C8H14O4/c1-6-19(18,7-2)12-14-10-8-9-13(16(14)17)11-15(3,4)5;1-12(2,3)10(16)8-6-7-9(11(17)13-4)15(18)14(8)5;1-12(2,3)9(15)7-5-6-8(10(16)13-4)14(18)11(7)17;1-5-16(14,15)11-8-6-7-10(13-11)9-12(2,3)4;1-11(2,3)7-8-5-4-6-9(12-8)10(13)14;1-10(2,3)7-8-5-4-6-9(11-8)15(12,13)14;1-6-13(12,7-2)8-9(11)10(3,4)5;1-8(2,3)6(10)4-5(9)7(11)12/h8-10H,6-7,11-12H2,1-5H3;6-7H,1-5H3;5-6,18H,1-4H3,(H,13,16);6-8H,5,9H2,1-4H3,(H,14,15);4-6H,7H2,1-3H3,(H,13,14);4-6H,7H2,1-3H3,(H2,12,13,14);6-8H2,1-5H3;5,9H,4H2,1-3H3,(H,11,12)/p+1. The molecule has 2 amide bonds. The van der Waals surface area contributed by atoms with Crippen molar-refractivity contribution in [3.05, 3.63) is 174 Å². The molecule has 0 saturated heterocycles. The number of hydrogen-bond acceptors (Lipinski definition) is 20. The number of carboxylic acids is 2. The molecule has 2 unspecified atom stereocenters. The van der Waals surface area contributed by atoms with Crippen LogP contribution in [0.4, 0.5) is 0 Å². The summed E-state index contributed by atoms with van der Waals surface area (Å²) in [5.41, 5.74) is 1.25. The summed E-state index contributed by atoms with van der Waals surface area (Å²) in [6.07, 6.45) is 4.67. The Morgan fingerprint density at radius 2 is 0.872 bits per heavy atom. The molecule has 31 nitrogen and oxygen atoms in total. The topological polar surface area (TPSA) is 486 Å². The first-order chi connectivity index (χ1) is 56.4. The first kappa shape index (κ1) is 118. The maximum absolute atomic E-state index is 12.5. The normalized spacial score (nSPS) is 12.7. The highest BCUT2D eigenvalue weighted by molar-refractivity contribution is 7.65. The van der Waals surface area contributed by atoms with Crippen molar-refractivity contribution in [2.45, 2.75) is 245 Å². The molecule has 6 rings (SSSR count). The first-order valence-electron chi connectivity index (χ1n) is 41.3. The highest BCUT2D eigenvalue weighted by atomic mass is 31.2. The number of pyridine rings is 5. The number of aromatic nitrogens is 7. The number of nitrogens with one attached hydrogen (secondary N) is 2. The molecule has 125 heavy (non-hydrogen) atoms. The van der Waals surface area contributed by atoms with E-state index in [9.17, 15) is 81.6 Å². The molecule has 9 N–H and O–H groups in total. The zero-order valence-corrected chi connectivity index (χ0v) is 83.6. The molecule has 2 atom stereocenters. The zero-order valence-electron chi connectivity index (χ0n) is 80.0. The number of aliphatic hydroxyl groups is 1. The van der Waals surface area contributed by atoms with Gasteiger partial charge in [0.25, 0.3) is 11.5 Å². The Morgan fingerprint density at radius 3 is 1.25 bits per heavy atom. The summed E-state index contributed by atoms with van der Waals surface area (Å²) < 4.78 is 50.0. The van der Waals surface area contributed by atoms with E-state index in [0.717, 1.165) is 45.8 Å². The van der Waals surface area contributed by atoms with Gasteiger partial charge in [0.15, 0.2) is 39.0 Å². The molecule has 0 aromatic carbocycles. The number of amides is 2. The predicted molar refractivity (Wildman–Crippen MR) is 494 cm³/mol. The van der Waals surface area contributed by atoms with E-state index in [1.165, 1.54) is 57.5 Å². The molecule has 6 heterocycles. The summed E-state index contributed by atoms with van der Waals surface area (Å²) in [5, 5.41) is 52.5. The third-order valence-corrected chi connectivity index (χ3v) is 27.3. The monoisotopic (exact) mass is 1830 g/mol. The minimum atomic E-state index is -4.22. The number of aromatic carboxylic acids is 1. The van der Waals surface area contributed by atoms with Gasteiger partial charge >= 0.3 is 31.1 Å². The van der Waals surface area contributed by atoms with Gasteiger partial charge in [-0.2, -0.15) is 4.73 Å². The maximum Gasteiger partial charge on any atom is 0.374 e. The van der Waals surface area contributed by atoms with Crippen molar-refractivity contribution in [1.29, 1.82) is 0 Å². The molecule has 0 spiro atoms. The lowest BCUT2D eigenvalue weighted by atomic mass is 9.87. The highest BCUT2D eigenvalue weighted by Crippen LogP contribution is 2.48. The molecule has 0 aliphatic rings. The fourth-order valence-electron chi connectivity index (χ4n) is 10.5. The van der Waals surface area contributed by atoms with Crippen LogP contribution < -0.4 is 36.3 Å². The van der Waals surface area contributed by atoms with Crippen LogP contribution in [0, 0.1) is 53.4 Å². The number of carboxylic acid groups (broad SMARTS) is 2. The van der Waals surface area contributed by atoms with Gasteiger partial charge in [-0.05, 0) is 126 Å². The number of aliphatic carboxylic acids is 1. The zero-order chi connectivity index (χ0) is 98.3. The van der Waals surface area contributed by atoms with Crippen LogP contribution in [0.2, 0.25) is 0 Å². The van der Waals surface area contributed by atoms with E-state index in [2.05, 4.69) is 109 Å². The second-order valence-corrected chi connectivity index (χ2v) is 50.6. The van der Waals surface area contributed by atoms with Crippen molar-refractivity contribution < 1.29 is 101 Å². The lowest BCUT2D eigenvalue weighted by molar-refractivity contribution is -0.622. The number of nitrogens with zero attached hydrogens (tertiary/aromatic N) is 7. The summed E-state index contributed by atoms with van der Waals surface area (Å²) in [4.78, 5) is 154. The number of carbonyl (C=O) groups excluding carboxylic acids is 6. The molecule has 0 fully saturated rings. The van der Waals surface area contributed by atoms with Crippen LogP contribution in [-0.2, 0) is 71.5 Å². The van der Waals surface area contributed by atoms with Crippen molar-refractivity contribution in [2.24, 2.45) is 50.4 Å². The van der Waals surface area contributed by atoms with E-state index in [4.69, 9.17) is 25.1 Å². The van der Waals surface area contributed by atoms with Gasteiger partial charge in [0.05, 0.1) is 44.1 Å². The van der Waals surface area contributed by atoms with Crippen molar-refractivity contribution >= 4 is 87.0 Å². The number of Topliss-reactive ketones (excluding diaryl/α,β-unsaturated/α-hetero) is 4. The van der Waals surface area contributed by atoms with Gasteiger partial charge < -0.3 is 60.2 Å². The number of ketones is 4. The van der Waals surface area contributed by atoms with Gasteiger partial charge in [-0.15, -0.1) is 9.41 Å². The Balaban J connectivity index is 0. The van der Waals surface area contributed by atoms with Crippen LogP contribution in [0.25, 0.3) is 0 Å². The van der Waals surface area contributed by atoms with Crippen molar-refractivity contribution in [2.75, 3.05) is 51.1 Å². The Bertz CT molecular complexity index is 4940. The first-order valence-corrected chi connectivity index (χ1v) is 49.3. The number of hydrogen-bond donors (Lipinski definition) is 9. The molecular weight excluding hydrogens is 1680 g/mol. The van der Waals surface area contributed by atoms with Gasteiger partial charge in [-0.1, -0.05) is 219 Å². The van der Waals surface area contributed by atoms with E-state index in [-0.39, 0.29) is 102 Å². The summed E-state index contributed by atoms with van der Waals surface area (Å²) in [7, 11) is -7.58. The average molecular weight is 1830 g/mol. The van der Waals surface area contributed by atoms with Crippen molar-refractivity contribution in [1.82, 2.24) is 35.0 Å². The van der Waals surface area contributed by atoms with E-state index in [1.807, 2.05) is 78.8 Å². The lowest BCUT2D eigenvalue weighted by Gasteiger charge is -2.20. The van der Waals surface area contributed by atoms with Crippen LogP contribution in [0.5, 0.6) is 0 Å². The van der Waals surface area contributed by atoms with Crippen molar-refractivity contribution in [3.8, 4) is 0 Å². The SMILES string of the molecule is CC(C)(C)C(=O)CC(O)C(=O)O.CC(C)(C)Cc1cccc(C(=O)O)n1.CC(C)(C)Cc1cccc(P(=O)(O)O)n1.CCP(=O)(CC)CC(=O)C(C)(C)C.CCP(=O)(CC)Cc1cccc(CC(C)(C)C)[n+]1[O-].CCP(=O)(O)c1cccc(CC(C)(C)C)n1.CNC(=O)c1ccc(C(=O)C(C)(C)C)c(=O)n1O.CNC(=O)c1ccc(C(=O)C(C)(C)C)n(C)[n+]1=O. The Kier molecular flexibility index (Phi) is 47.0. The highest BCUT2D eigenvalue weighted by Gasteiger charge is 2.34. The third kappa shape index (κ3) is 44.6. The van der Waals surface area contributed by atoms with Crippen LogP contribution in [0.15, 0.2) is 102 Å².